The molecule has 3 nitrogen and oxygen atoms in total. The fourth-order valence-electron chi connectivity index (χ4n) is 1.91. The highest BCUT2D eigenvalue weighted by Crippen LogP contribution is 2.15. The van der Waals surface area contributed by atoms with E-state index in [0.29, 0.717) is 22.5 Å². The molecule has 2 heterocycles. The van der Waals surface area contributed by atoms with Crippen molar-refractivity contribution in [3.63, 3.8) is 0 Å². The molecule has 84 valence electrons. The lowest BCUT2D eigenvalue weighted by atomic mass is 10.1. The summed E-state index contributed by atoms with van der Waals surface area (Å²) in [6.07, 6.45) is 0. The van der Waals surface area contributed by atoms with Crippen LogP contribution in [0.15, 0.2) is 10.9 Å². The van der Waals surface area contributed by atoms with E-state index in [1.54, 1.807) is 6.92 Å². The van der Waals surface area contributed by atoms with Crippen LogP contribution in [0.3, 0.4) is 0 Å². The summed E-state index contributed by atoms with van der Waals surface area (Å²) in [5.74, 6) is 0.297. The van der Waals surface area contributed by atoms with Crippen LogP contribution in [0.4, 0.5) is 0 Å². The Hall–Kier alpha value is -1.35. The number of nitrogens with zero attached hydrogens (tertiary/aromatic N) is 1. The third-order valence-corrected chi connectivity index (χ3v) is 3.04. The second-order valence-electron chi connectivity index (χ2n) is 4.00. The molecule has 0 amide bonds. The molecule has 1 N–H and O–H groups in total. The minimum atomic E-state index is 0.0226. The zero-order valence-electron chi connectivity index (χ0n) is 9.52. The normalized spacial score (nSPS) is 11.0. The Morgan fingerprint density at radius 2 is 2.06 bits per heavy atom. The average Bonchev–Trinajstić information content (AvgIpc) is 2.22. The second kappa shape index (κ2) is 3.91. The van der Waals surface area contributed by atoms with E-state index in [2.05, 4.69) is 9.97 Å². The van der Waals surface area contributed by atoms with Crippen LogP contribution in [0.25, 0.3) is 11.0 Å². The van der Waals surface area contributed by atoms with Crippen molar-refractivity contribution in [1.82, 2.24) is 9.97 Å². The van der Waals surface area contributed by atoms with Crippen molar-refractivity contribution >= 4 is 22.6 Å². The van der Waals surface area contributed by atoms with E-state index in [1.807, 2.05) is 19.9 Å². The number of H-pyrrole nitrogens is 1. The molecular formula is C12H13ClN2O. The Labute approximate surface area is 98.5 Å². The van der Waals surface area contributed by atoms with Gasteiger partial charge in [-0.2, -0.15) is 0 Å². The third-order valence-electron chi connectivity index (χ3n) is 2.77. The Kier molecular flexibility index (Phi) is 2.72. The average molecular weight is 237 g/mol. The van der Waals surface area contributed by atoms with Crippen LogP contribution in [0.5, 0.6) is 0 Å². The lowest BCUT2D eigenvalue weighted by Crippen LogP contribution is -2.13. The Morgan fingerprint density at radius 3 is 2.69 bits per heavy atom. The van der Waals surface area contributed by atoms with Gasteiger partial charge in [0.1, 0.15) is 5.65 Å². The van der Waals surface area contributed by atoms with E-state index >= 15 is 0 Å². The summed E-state index contributed by atoms with van der Waals surface area (Å²) >= 11 is 5.79. The van der Waals surface area contributed by atoms with Gasteiger partial charge in [-0.05, 0) is 32.4 Å². The monoisotopic (exact) mass is 236 g/mol. The Balaban J connectivity index is 2.99. The molecule has 0 saturated heterocycles. The van der Waals surface area contributed by atoms with Gasteiger partial charge in [0.2, 0.25) is 0 Å². The van der Waals surface area contributed by atoms with Crippen molar-refractivity contribution in [2.45, 2.75) is 26.7 Å². The van der Waals surface area contributed by atoms with Crippen LogP contribution in [-0.4, -0.2) is 9.97 Å². The predicted molar refractivity (Wildman–Crippen MR) is 66.1 cm³/mol. The molecule has 0 aromatic carbocycles. The maximum atomic E-state index is 12.1. The first-order valence-corrected chi connectivity index (χ1v) is 5.63. The summed E-state index contributed by atoms with van der Waals surface area (Å²) in [5.41, 5.74) is 3.92. The van der Waals surface area contributed by atoms with Gasteiger partial charge >= 0.3 is 0 Å². The quantitative estimate of drug-likeness (QED) is 0.774. The van der Waals surface area contributed by atoms with Crippen molar-refractivity contribution in [3.8, 4) is 0 Å². The Morgan fingerprint density at radius 1 is 1.38 bits per heavy atom. The van der Waals surface area contributed by atoms with E-state index in [-0.39, 0.29) is 5.43 Å². The van der Waals surface area contributed by atoms with Crippen LogP contribution in [-0.2, 0) is 5.88 Å². The number of aromatic nitrogens is 2. The highest BCUT2D eigenvalue weighted by Gasteiger charge is 2.10. The smallest absolute Gasteiger partial charge is 0.194 e. The predicted octanol–water partition coefficient (Wildman–Crippen LogP) is 2.59. The number of hydrogen-bond acceptors (Lipinski definition) is 2. The third kappa shape index (κ3) is 1.61. The molecule has 16 heavy (non-hydrogen) atoms. The van der Waals surface area contributed by atoms with Gasteiger partial charge < -0.3 is 4.98 Å². The van der Waals surface area contributed by atoms with E-state index in [1.165, 1.54) is 0 Å². The Bertz CT molecular complexity index is 616. The van der Waals surface area contributed by atoms with E-state index in [4.69, 9.17) is 11.6 Å². The molecule has 0 atom stereocenters. The molecule has 0 unspecified atom stereocenters. The van der Waals surface area contributed by atoms with Gasteiger partial charge in [-0.25, -0.2) is 4.98 Å². The molecule has 0 aliphatic carbocycles. The largest absolute Gasteiger partial charge is 0.342 e. The second-order valence-corrected chi connectivity index (χ2v) is 4.26. The number of rotatable bonds is 1. The molecule has 0 spiro atoms. The van der Waals surface area contributed by atoms with Gasteiger partial charge in [-0.3, -0.25) is 4.79 Å². The van der Waals surface area contributed by atoms with Crippen LogP contribution >= 0.6 is 11.6 Å². The van der Waals surface area contributed by atoms with Crippen molar-refractivity contribution in [2.75, 3.05) is 0 Å². The van der Waals surface area contributed by atoms with Gasteiger partial charge in [0.05, 0.1) is 11.3 Å². The fraction of sp³-hybridized carbons (Fsp3) is 0.333. The van der Waals surface area contributed by atoms with Crippen molar-refractivity contribution < 1.29 is 0 Å². The molecule has 0 radical (unpaired) electrons. The van der Waals surface area contributed by atoms with Crippen molar-refractivity contribution in [3.05, 3.63) is 38.8 Å². The van der Waals surface area contributed by atoms with Crippen molar-refractivity contribution in [2.24, 2.45) is 0 Å². The lowest BCUT2D eigenvalue weighted by Gasteiger charge is -2.07. The van der Waals surface area contributed by atoms with Gasteiger partial charge in [-0.1, -0.05) is 0 Å². The minimum absolute atomic E-state index is 0.0226. The number of aryl methyl sites for hydroxylation is 2. The molecular weight excluding hydrogens is 224 g/mol. The summed E-state index contributed by atoms with van der Waals surface area (Å²) in [5, 5.41) is 0.664. The van der Waals surface area contributed by atoms with Gasteiger partial charge in [-0.15, -0.1) is 11.6 Å². The van der Waals surface area contributed by atoms with Crippen LogP contribution in [0, 0.1) is 20.8 Å². The SMILES string of the molecule is Cc1cc(C)c2c(=O)c(C)c(CCl)[nH]c2n1. The molecule has 2 aromatic rings. The van der Waals surface area contributed by atoms with E-state index in [0.717, 1.165) is 17.0 Å². The zero-order valence-corrected chi connectivity index (χ0v) is 10.3. The van der Waals surface area contributed by atoms with Gasteiger partial charge in [0, 0.05) is 17.0 Å². The zero-order chi connectivity index (χ0) is 11.9. The number of halogens is 1. The van der Waals surface area contributed by atoms with Crippen LogP contribution in [0.1, 0.15) is 22.5 Å². The molecule has 0 bridgehead atoms. The van der Waals surface area contributed by atoms with Crippen LogP contribution in [0.2, 0.25) is 0 Å². The molecule has 0 aliphatic rings. The lowest BCUT2D eigenvalue weighted by molar-refractivity contribution is 1.10. The highest BCUT2D eigenvalue weighted by atomic mass is 35.5. The number of aromatic amines is 1. The summed E-state index contributed by atoms with van der Waals surface area (Å²) in [4.78, 5) is 19.6. The number of alkyl halides is 1. The first kappa shape index (κ1) is 11.1. The fourth-order valence-corrected chi connectivity index (χ4v) is 2.18. The standard InChI is InChI=1S/C12H13ClN2O/c1-6-4-7(2)14-12-10(6)11(16)8(3)9(5-13)15-12/h4H,5H2,1-3H3,(H,14,15,16). The maximum absolute atomic E-state index is 12.1. The summed E-state index contributed by atoms with van der Waals surface area (Å²) in [7, 11) is 0. The van der Waals surface area contributed by atoms with E-state index < -0.39 is 0 Å². The van der Waals surface area contributed by atoms with Crippen molar-refractivity contribution in [1.29, 1.82) is 0 Å². The summed E-state index contributed by atoms with van der Waals surface area (Å²) in [6.45, 7) is 5.62. The number of pyridine rings is 2. The van der Waals surface area contributed by atoms with E-state index in [9.17, 15) is 4.79 Å². The maximum Gasteiger partial charge on any atom is 0.194 e. The van der Waals surface area contributed by atoms with Gasteiger partial charge in [0.25, 0.3) is 0 Å². The summed E-state index contributed by atoms with van der Waals surface area (Å²) in [6, 6.07) is 1.91. The number of nitrogens with one attached hydrogen (secondary N) is 1. The topological polar surface area (TPSA) is 45.8 Å². The molecule has 2 rings (SSSR count). The first-order chi connectivity index (χ1) is 7.54. The minimum Gasteiger partial charge on any atom is -0.342 e. The molecule has 0 aliphatic heterocycles. The number of hydrogen-bond donors (Lipinski definition) is 1. The first-order valence-electron chi connectivity index (χ1n) is 5.10. The molecule has 0 saturated carbocycles. The van der Waals surface area contributed by atoms with Crippen LogP contribution < -0.4 is 5.43 Å². The molecule has 2 aromatic heterocycles. The molecule has 0 fully saturated rings. The molecule has 4 heteroatoms. The van der Waals surface area contributed by atoms with Gasteiger partial charge in [0.15, 0.2) is 5.43 Å². The summed E-state index contributed by atoms with van der Waals surface area (Å²) < 4.78 is 0. The number of fused-ring (bicyclic) bond motifs is 1. The highest BCUT2D eigenvalue weighted by molar-refractivity contribution is 6.17.